The summed E-state index contributed by atoms with van der Waals surface area (Å²) in [7, 11) is 0. The molecule has 0 spiro atoms. The van der Waals surface area contributed by atoms with Crippen LogP contribution in [-0.4, -0.2) is 27.4 Å². The topological polar surface area (TPSA) is 91.9 Å². The number of amides is 1. The molecular weight excluding hydrogens is 354 g/mol. The number of rotatable bonds is 7. The Morgan fingerprint density at radius 1 is 1.00 bits per heavy atom. The first kappa shape index (κ1) is 19.2. The number of anilines is 1. The van der Waals surface area contributed by atoms with Crippen molar-refractivity contribution < 1.29 is 14.4 Å². The number of H-pyrrole nitrogens is 1. The number of carbonyl (C=O) groups excluding carboxylic acids is 3. The molecular formula is C22H21N3O3. The monoisotopic (exact) mass is 375 g/mol. The van der Waals surface area contributed by atoms with E-state index in [9.17, 15) is 14.4 Å². The second-order valence-corrected chi connectivity index (χ2v) is 6.47. The van der Waals surface area contributed by atoms with Crippen LogP contribution in [-0.2, 0) is 6.42 Å². The molecule has 28 heavy (non-hydrogen) atoms. The van der Waals surface area contributed by atoms with Gasteiger partial charge in [0.1, 0.15) is 11.4 Å². The number of Topliss-reactive ketones (excluding diaryl/α,β-unsaturated/α-hetero) is 2. The lowest BCUT2D eigenvalue weighted by atomic mass is 9.99. The zero-order valence-electron chi connectivity index (χ0n) is 15.8. The van der Waals surface area contributed by atoms with E-state index in [0.717, 1.165) is 11.1 Å². The van der Waals surface area contributed by atoms with E-state index in [1.54, 1.807) is 31.2 Å². The molecule has 0 saturated heterocycles. The third kappa shape index (κ3) is 4.23. The predicted molar refractivity (Wildman–Crippen MR) is 107 cm³/mol. The first-order chi connectivity index (χ1) is 13.5. The van der Waals surface area contributed by atoms with E-state index in [1.807, 2.05) is 31.2 Å². The van der Waals surface area contributed by atoms with E-state index < -0.39 is 5.91 Å². The van der Waals surface area contributed by atoms with Gasteiger partial charge in [-0.3, -0.25) is 14.4 Å². The van der Waals surface area contributed by atoms with E-state index in [1.165, 1.54) is 6.33 Å². The van der Waals surface area contributed by atoms with Gasteiger partial charge in [-0.25, -0.2) is 4.98 Å². The van der Waals surface area contributed by atoms with E-state index in [2.05, 4.69) is 15.3 Å². The number of hydrogen-bond donors (Lipinski definition) is 2. The number of imidazole rings is 1. The standard InChI is InChI=1S/C22H21N3O3/c1-3-18(26)20-21(24-13-23-20)22(28)25-16-10-8-15(9-11-16)12-19(27)17-7-5-4-6-14(17)2/h4-11,13H,3,12H2,1-2H3,(H,23,24)(H,25,28). The number of hydrogen-bond acceptors (Lipinski definition) is 4. The summed E-state index contributed by atoms with van der Waals surface area (Å²) in [5.41, 5.74) is 3.38. The molecule has 6 nitrogen and oxygen atoms in total. The fourth-order valence-electron chi connectivity index (χ4n) is 2.91. The SMILES string of the molecule is CCC(=O)c1nc[nH]c1C(=O)Nc1ccc(CC(=O)c2ccccc2C)cc1. The van der Waals surface area contributed by atoms with Crippen molar-refractivity contribution in [3.63, 3.8) is 0 Å². The van der Waals surface area contributed by atoms with E-state index in [0.29, 0.717) is 11.3 Å². The Kier molecular flexibility index (Phi) is 5.79. The van der Waals surface area contributed by atoms with Crippen LogP contribution in [0.25, 0.3) is 0 Å². The van der Waals surface area contributed by atoms with Crippen LogP contribution in [0.5, 0.6) is 0 Å². The third-order valence-corrected chi connectivity index (χ3v) is 4.47. The largest absolute Gasteiger partial charge is 0.340 e. The zero-order valence-corrected chi connectivity index (χ0v) is 15.8. The van der Waals surface area contributed by atoms with Crippen LogP contribution in [0.15, 0.2) is 54.9 Å². The summed E-state index contributed by atoms with van der Waals surface area (Å²) < 4.78 is 0. The number of benzene rings is 2. The van der Waals surface area contributed by atoms with Crippen LogP contribution in [0, 0.1) is 6.92 Å². The van der Waals surface area contributed by atoms with Gasteiger partial charge in [0, 0.05) is 24.1 Å². The lowest BCUT2D eigenvalue weighted by Gasteiger charge is -2.07. The van der Waals surface area contributed by atoms with Gasteiger partial charge in [-0.05, 0) is 30.2 Å². The van der Waals surface area contributed by atoms with Crippen LogP contribution >= 0.6 is 0 Å². The fourth-order valence-corrected chi connectivity index (χ4v) is 2.91. The molecule has 6 heteroatoms. The van der Waals surface area contributed by atoms with E-state index in [-0.39, 0.29) is 35.8 Å². The van der Waals surface area contributed by atoms with Gasteiger partial charge in [-0.1, -0.05) is 43.3 Å². The van der Waals surface area contributed by atoms with Gasteiger partial charge in [0.15, 0.2) is 11.6 Å². The van der Waals surface area contributed by atoms with Crippen molar-refractivity contribution >= 4 is 23.2 Å². The number of nitrogens with one attached hydrogen (secondary N) is 2. The molecule has 2 aromatic carbocycles. The fraction of sp³-hybridized carbons (Fsp3) is 0.182. The lowest BCUT2D eigenvalue weighted by Crippen LogP contribution is -2.16. The molecule has 1 aromatic heterocycles. The minimum Gasteiger partial charge on any atom is -0.340 e. The van der Waals surface area contributed by atoms with Gasteiger partial charge in [-0.15, -0.1) is 0 Å². The van der Waals surface area contributed by atoms with Crippen molar-refractivity contribution in [1.82, 2.24) is 9.97 Å². The first-order valence-corrected chi connectivity index (χ1v) is 9.05. The van der Waals surface area contributed by atoms with Crippen molar-refractivity contribution in [2.75, 3.05) is 5.32 Å². The quantitative estimate of drug-likeness (QED) is 0.611. The molecule has 0 unspecified atom stereocenters. The Hall–Kier alpha value is -3.54. The lowest BCUT2D eigenvalue weighted by molar-refractivity contribution is 0.0963. The molecule has 1 amide bonds. The summed E-state index contributed by atoms with van der Waals surface area (Å²) in [5, 5.41) is 2.74. The first-order valence-electron chi connectivity index (χ1n) is 9.05. The molecule has 0 radical (unpaired) electrons. The number of carbonyl (C=O) groups is 3. The Morgan fingerprint density at radius 2 is 1.71 bits per heavy atom. The molecule has 0 aliphatic carbocycles. The van der Waals surface area contributed by atoms with Crippen molar-refractivity contribution in [2.24, 2.45) is 0 Å². The molecule has 2 N–H and O–H groups in total. The third-order valence-electron chi connectivity index (χ3n) is 4.47. The highest BCUT2D eigenvalue weighted by Crippen LogP contribution is 2.16. The molecule has 142 valence electrons. The van der Waals surface area contributed by atoms with Crippen LogP contribution < -0.4 is 5.32 Å². The van der Waals surface area contributed by atoms with E-state index >= 15 is 0 Å². The van der Waals surface area contributed by atoms with Crippen molar-refractivity contribution in [3.05, 3.63) is 82.9 Å². The van der Waals surface area contributed by atoms with Gasteiger partial charge in [0.05, 0.1) is 6.33 Å². The Balaban J connectivity index is 1.67. The zero-order chi connectivity index (χ0) is 20.1. The minimum atomic E-state index is -0.432. The average Bonchev–Trinajstić information content (AvgIpc) is 3.19. The molecule has 0 fully saturated rings. The second kappa shape index (κ2) is 8.43. The van der Waals surface area contributed by atoms with Crippen molar-refractivity contribution in [2.45, 2.75) is 26.7 Å². The second-order valence-electron chi connectivity index (χ2n) is 6.47. The molecule has 0 atom stereocenters. The van der Waals surface area contributed by atoms with Crippen LogP contribution in [0.2, 0.25) is 0 Å². The van der Waals surface area contributed by atoms with Crippen LogP contribution in [0.1, 0.15) is 55.8 Å². The van der Waals surface area contributed by atoms with E-state index in [4.69, 9.17) is 0 Å². The van der Waals surface area contributed by atoms with Gasteiger partial charge >= 0.3 is 0 Å². The Labute approximate surface area is 163 Å². The molecule has 1 heterocycles. The molecule has 3 rings (SSSR count). The molecule has 3 aromatic rings. The summed E-state index contributed by atoms with van der Waals surface area (Å²) in [6.07, 6.45) is 1.89. The maximum atomic E-state index is 12.5. The summed E-state index contributed by atoms with van der Waals surface area (Å²) in [6.45, 7) is 3.63. The molecule has 0 bridgehead atoms. The predicted octanol–water partition coefficient (Wildman–Crippen LogP) is 3.99. The van der Waals surface area contributed by atoms with Crippen LogP contribution in [0.3, 0.4) is 0 Å². The summed E-state index contributed by atoms with van der Waals surface area (Å²) in [5.74, 6) is -0.579. The maximum Gasteiger partial charge on any atom is 0.274 e. The molecule has 0 aliphatic rings. The number of aromatic amines is 1. The highest BCUT2D eigenvalue weighted by Gasteiger charge is 2.19. The van der Waals surface area contributed by atoms with Crippen molar-refractivity contribution in [1.29, 1.82) is 0 Å². The normalized spacial score (nSPS) is 10.5. The van der Waals surface area contributed by atoms with Gasteiger partial charge in [0.2, 0.25) is 0 Å². The highest BCUT2D eigenvalue weighted by molar-refractivity contribution is 6.10. The molecule has 0 saturated carbocycles. The average molecular weight is 375 g/mol. The van der Waals surface area contributed by atoms with Gasteiger partial charge in [0.25, 0.3) is 5.91 Å². The smallest absolute Gasteiger partial charge is 0.274 e. The Bertz CT molecular complexity index is 1020. The van der Waals surface area contributed by atoms with Crippen LogP contribution in [0.4, 0.5) is 5.69 Å². The van der Waals surface area contributed by atoms with Gasteiger partial charge < -0.3 is 10.3 Å². The summed E-state index contributed by atoms with van der Waals surface area (Å²) in [6, 6.07) is 14.6. The number of nitrogens with zero attached hydrogens (tertiary/aromatic N) is 1. The minimum absolute atomic E-state index is 0.0510. The van der Waals surface area contributed by atoms with Gasteiger partial charge in [-0.2, -0.15) is 0 Å². The van der Waals surface area contributed by atoms with Crippen molar-refractivity contribution in [3.8, 4) is 0 Å². The highest BCUT2D eigenvalue weighted by atomic mass is 16.2. The maximum absolute atomic E-state index is 12.5. The Morgan fingerprint density at radius 3 is 2.39 bits per heavy atom. The number of aryl methyl sites for hydroxylation is 1. The summed E-state index contributed by atoms with van der Waals surface area (Å²) >= 11 is 0. The summed E-state index contributed by atoms with van der Waals surface area (Å²) in [4.78, 5) is 43.4. The number of aromatic nitrogens is 2. The number of ketones is 2. The molecule has 0 aliphatic heterocycles.